The van der Waals surface area contributed by atoms with E-state index in [1.165, 1.54) is 38.5 Å². The number of amides is 1. The molecule has 27 heavy (non-hydrogen) atoms. The number of piperidine rings is 1. The fraction of sp³-hybridized carbons (Fsp3) is 0.773. The van der Waals surface area contributed by atoms with E-state index in [0.717, 1.165) is 61.0 Å². The van der Waals surface area contributed by atoms with Crippen molar-refractivity contribution in [2.45, 2.75) is 70.8 Å². The number of nitrogens with zero attached hydrogens (tertiary/aromatic N) is 3. The number of hydrogen-bond donors (Lipinski definition) is 1. The number of nitrogens with one attached hydrogen (secondary N) is 1. The summed E-state index contributed by atoms with van der Waals surface area (Å²) in [5, 5.41) is 3.58. The van der Waals surface area contributed by atoms with E-state index in [4.69, 9.17) is 0 Å². The Labute approximate surface area is 162 Å². The van der Waals surface area contributed by atoms with Crippen LogP contribution in [0, 0.1) is 37.5 Å². The van der Waals surface area contributed by atoms with Crippen molar-refractivity contribution in [1.82, 2.24) is 15.3 Å². The number of anilines is 1. The smallest absolute Gasteiger partial charge is 0.225 e. The van der Waals surface area contributed by atoms with Crippen molar-refractivity contribution in [3.8, 4) is 0 Å². The van der Waals surface area contributed by atoms with Gasteiger partial charge in [-0.2, -0.15) is 0 Å². The van der Waals surface area contributed by atoms with Gasteiger partial charge in [-0.1, -0.05) is 0 Å². The molecule has 5 aliphatic rings. The van der Waals surface area contributed by atoms with Crippen molar-refractivity contribution in [2.75, 3.05) is 18.0 Å². The Hall–Kier alpha value is -1.65. The molecule has 2 heterocycles. The van der Waals surface area contributed by atoms with Gasteiger partial charge in [0.1, 0.15) is 0 Å². The van der Waals surface area contributed by atoms with Gasteiger partial charge in [0.25, 0.3) is 0 Å². The van der Waals surface area contributed by atoms with Gasteiger partial charge in [-0.15, -0.1) is 0 Å². The molecule has 1 aliphatic heterocycles. The van der Waals surface area contributed by atoms with Crippen LogP contribution in [0.5, 0.6) is 0 Å². The lowest BCUT2D eigenvalue weighted by atomic mass is 9.53. The predicted molar refractivity (Wildman–Crippen MR) is 105 cm³/mol. The first-order valence-corrected chi connectivity index (χ1v) is 10.9. The zero-order chi connectivity index (χ0) is 18.6. The summed E-state index contributed by atoms with van der Waals surface area (Å²) in [6.45, 7) is 5.73. The van der Waals surface area contributed by atoms with Crippen molar-refractivity contribution in [3.05, 3.63) is 17.5 Å². The van der Waals surface area contributed by atoms with Crippen molar-refractivity contribution >= 4 is 11.9 Å². The van der Waals surface area contributed by atoms with Crippen LogP contribution in [-0.4, -0.2) is 34.5 Å². The van der Waals surface area contributed by atoms with Gasteiger partial charge in [-0.25, -0.2) is 9.97 Å². The monoisotopic (exact) mass is 368 g/mol. The minimum absolute atomic E-state index is 0.0659. The third-order valence-corrected chi connectivity index (χ3v) is 7.47. The Morgan fingerprint density at radius 1 is 1.07 bits per heavy atom. The van der Waals surface area contributed by atoms with E-state index in [1.54, 1.807) is 0 Å². The van der Waals surface area contributed by atoms with Gasteiger partial charge in [0, 0.05) is 30.0 Å². The van der Waals surface area contributed by atoms with Gasteiger partial charge in [0.15, 0.2) is 0 Å². The van der Waals surface area contributed by atoms with E-state index in [0.29, 0.717) is 0 Å². The van der Waals surface area contributed by atoms with Crippen molar-refractivity contribution in [3.63, 3.8) is 0 Å². The molecule has 5 heteroatoms. The number of hydrogen-bond acceptors (Lipinski definition) is 4. The van der Waals surface area contributed by atoms with Crippen LogP contribution in [-0.2, 0) is 4.79 Å². The average Bonchev–Trinajstić information content (AvgIpc) is 2.59. The average molecular weight is 369 g/mol. The van der Waals surface area contributed by atoms with Crippen LogP contribution < -0.4 is 10.2 Å². The van der Waals surface area contributed by atoms with Crippen LogP contribution in [0.4, 0.5) is 5.95 Å². The first-order valence-electron chi connectivity index (χ1n) is 10.9. The lowest BCUT2D eigenvalue weighted by Crippen LogP contribution is -2.61. The number of rotatable bonds is 3. The zero-order valence-electron chi connectivity index (χ0n) is 16.7. The summed E-state index contributed by atoms with van der Waals surface area (Å²) in [6.07, 6.45) is 9.93. The number of carbonyl (C=O) groups is 1. The number of carbonyl (C=O) groups excluding carboxylic acids is 1. The van der Waals surface area contributed by atoms with Gasteiger partial charge >= 0.3 is 0 Å². The zero-order valence-corrected chi connectivity index (χ0v) is 16.7. The predicted octanol–water partition coefficient (Wildman–Crippen LogP) is 3.39. The maximum Gasteiger partial charge on any atom is 0.225 e. The topological polar surface area (TPSA) is 58.1 Å². The molecule has 5 fully saturated rings. The molecule has 0 aromatic carbocycles. The second-order valence-electron chi connectivity index (χ2n) is 9.92. The van der Waals surface area contributed by atoms with Crippen LogP contribution in [0.15, 0.2) is 6.07 Å². The summed E-state index contributed by atoms with van der Waals surface area (Å²) in [5.41, 5.74) is 2.11. The van der Waals surface area contributed by atoms with Crippen LogP contribution in [0.25, 0.3) is 0 Å². The van der Waals surface area contributed by atoms with Crippen molar-refractivity contribution in [2.24, 2.45) is 23.7 Å². The summed E-state index contributed by atoms with van der Waals surface area (Å²) in [5.74, 6) is 3.73. The Morgan fingerprint density at radius 2 is 1.67 bits per heavy atom. The SMILES string of the molecule is Cc1cc(C)nc(N2CCC[C@@H](C(=O)NC34CC5CC(CC(C5)C3)C4)C2)n1. The van der Waals surface area contributed by atoms with Gasteiger partial charge in [-0.05, 0) is 89.0 Å². The fourth-order valence-electron chi connectivity index (χ4n) is 6.85. The van der Waals surface area contributed by atoms with Crippen molar-refractivity contribution in [1.29, 1.82) is 0 Å². The Balaban J connectivity index is 1.28. The van der Waals surface area contributed by atoms with Crippen LogP contribution in [0.2, 0.25) is 0 Å². The highest BCUT2D eigenvalue weighted by Crippen LogP contribution is 2.55. The van der Waals surface area contributed by atoms with E-state index in [-0.39, 0.29) is 17.4 Å². The van der Waals surface area contributed by atoms with Crippen LogP contribution in [0.1, 0.15) is 62.8 Å². The molecule has 1 saturated heterocycles. The summed E-state index contributed by atoms with van der Waals surface area (Å²) < 4.78 is 0. The summed E-state index contributed by atoms with van der Waals surface area (Å²) in [6, 6.07) is 2.00. The third kappa shape index (κ3) is 3.34. The molecule has 4 saturated carbocycles. The third-order valence-electron chi connectivity index (χ3n) is 7.47. The van der Waals surface area contributed by atoms with Gasteiger partial charge in [0.2, 0.25) is 11.9 Å². The molecule has 1 N–H and O–H groups in total. The fourth-order valence-corrected chi connectivity index (χ4v) is 6.85. The summed E-state index contributed by atoms with van der Waals surface area (Å²) in [4.78, 5) is 24.7. The molecule has 5 nitrogen and oxygen atoms in total. The van der Waals surface area contributed by atoms with E-state index in [9.17, 15) is 4.79 Å². The Morgan fingerprint density at radius 3 is 2.26 bits per heavy atom. The number of aromatic nitrogens is 2. The molecule has 1 amide bonds. The van der Waals surface area contributed by atoms with Gasteiger partial charge in [0.05, 0.1) is 5.92 Å². The molecular formula is C22H32N4O. The highest BCUT2D eigenvalue weighted by molar-refractivity contribution is 5.80. The maximum absolute atomic E-state index is 13.2. The Bertz CT molecular complexity index is 690. The molecule has 1 atom stereocenters. The highest BCUT2D eigenvalue weighted by atomic mass is 16.2. The van der Waals surface area contributed by atoms with Crippen LogP contribution >= 0.6 is 0 Å². The second-order valence-corrected chi connectivity index (χ2v) is 9.92. The van der Waals surface area contributed by atoms with E-state index < -0.39 is 0 Å². The van der Waals surface area contributed by atoms with E-state index in [1.807, 2.05) is 19.9 Å². The standard InChI is InChI=1S/C22H32N4O/c1-14-6-15(2)24-21(23-14)26-5-3-4-19(13-26)20(27)25-22-10-16-7-17(11-22)9-18(8-16)12-22/h6,16-19H,3-5,7-13H2,1-2H3,(H,25,27)/t16?,17?,18?,19-,22?/m1/s1. The van der Waals surface area contributed by atoms with Crippen LogP contribution in [0.3, 0.4) is 0 Å². The largest absolute Gasteiger partial charge is 0.350 e. The van der Waals surface area contributed by atoms with E-state index >= 15 is 0 Å². The lowest BCUT2D eigenvalue weighted by Gasteiger charge is -2.57. The first kappa shape index (κ1) is 17.4. The molecule has 146 valence electrons. The molecule has 6 rings (SSSR count). The van der Waals surface area contributed by atoms with Crippen molar-refractivity contribution < 1.29 is 4.79 Å². The van der Waals surface area contributed by atoms with Gasteiger partial charge < -0.3 is 10.2 Å². The molecule has 0 spiro atoms. The molecule has 4 bridgehead atoms. The summed E-state index contributed by atoms with van der Waals surface area (Å²) in [7, 11) is 0. The number of aryl methyl sites for hydroxylation is 2. The molecule has 1 aromatic heterocycles. The lowest BCUT2D eigenvalue weighted by molar-refractivity contribution is -0.131. The maximum atomic E-state index is 13.2. The normalized spacial score (nSPS) is 37.5. The second kappa shape index (κ2) is 6.46. The Kier molecular flexibility index (Phi) is 4.17. The van der Waals surface area contributed by atoms with E-state index in [2.05, 4.69) is 20.2 Å². The minimum Gasteiger partial charge on any atom is -0.350 e. The molecular weight excluding hydrogens is 336 g/mol. The first-order chi connectivity index (χ1) is 13.0. The highest BCUT2D eigenvalue weighted by Gasteiger charge is 2.51. The quantitative estimate of drug-likeness (QED) is 0.888. The summed E-state index contributed by atoms with van der Waals surface area (Å²) >= 11 is 0. The molecule has 4 aliphatic carbocycles. The molecule has 0 unspecified atom stereocenters. The molecule has 1 aromatic rings. The van der Waals surface area contributed by atoms with Gasteiger partial charge in [-0.3, -0.25) is 4.79 Å². The molecule has 0 radical (unpaired) electrons. The minimum atomic E-state index is 0.0659.